The lowest BCUT2D eigenvalue weighted by Gasteiger charge is -2.40. The molecule has 1 aliphatic rings. The summed E-state index contributed by atoms with van der Waals surface area (Å²) in [6.07, 6.45) is 2.09. The molecule has 2 heteroatoms. The van der Waals surface area contributed by atoms with Crippen molar-refractivity contribution in [2.24, 2.45) is 0 Å². The maximum atomic E-state index is 6.19. The van der Waals surface area contributed by atoms with Crippen LogP contribution in [-0.4, -0.2) is 12.1 Å². The zero-order valence-electron chi connectivity index (χ0n) is 11.3. The summed E-state index contributed by atoms with van der Waals surface area (Å²) in [4.78, 5) is 0. The smallest absolute Gasteiger partial charge is 0.125 e. The Balaban J connectivity index is 2.38. The van der Waals surface area contributed by atoms with Gasteiger partial charge in [0.1, 0.15) is 11.4 Å². The van der Waals surface area contributed by atoms with E-state index in [0.717, 1.165) is 25.1 Å². The van der Waals surface area contributed by atoms with E-state index in [2.05, 4.69) is 51.2 Å². The lowest BCUT2D eigenvalue weighted by Crippen LogP contribution is -2.41. The van der Waals surface area contributed by atoms with Crippen LogP contribution in [0.2, 0.25) is 0 Å². The van der Waals surface area contributed by atoms with E-state index in [-0.39, 0.29) is 5.60 Å². The second kappa shape index (κ2) is 4.69. The van der Waals surface area contributed by atoms with Crippen LogP contribution >= 0.6 is 0 Å². The number of nitrogens with one attached hydrogen (secondary N) is 1. The zero-order valence-corrected chi connectivity index (χ0v) is 11.3. The summed E-state index contributed by atoms with van der Waals surface area (Å²) < 4.78 is 6.19. The van der Waals surface area contributed by atoms with E-state index in [0.29, 0.717) is 6.04 Å². The first kappa shape index (κ1) is 12.4. The standard InChI is InChI=1S/C15H23NO/c1-5-15(4)10-13(16-6-2)12-8-7-11(3)9-14(12)17-15/h7-9,13,16H,5-6,10H2,1-4H3. The summed E-state index contributed by atoms with van der Waals surface area (Å²) in [6.45, 7) is 9.68. The highest BCUT2D eigenvalue weighted by molar-refractivity contribution is 5.41. The lowest BCUT2D eigenvalue weighted by molar-refractivity contribution is 0.0445. The fraction of sp³-hybridized carbons (Fsp3) is 0.600. The number of fused-ring (bicyclic) bond motifs is 1. The minimum atomic E-state index is -0.0341. The van der Waals surface area contributed by atoms with Crippen molar-refractivity contribution in [3.8, 4) is 5.75 Å². The van der Waals surface area contributed by atoms with Gasteiger partial charge in [-0.15, -0.1) is 0 Å². The largest absolute Gasteiger partial charge is 0.487 e. The number of benzene rings is 1. The third-order valence-electron chi connectivity index (χ3n) is 3.74. The van der Waals surface area contributed by atoms with E-state index in [1.54, 1.807) is 0 Å². The van der Waals surface area contributed by atoms with Gasteiger partial charge >= 0.3 is 0 Å². The van der Waals surface area contributed by atoms with E-state index in [9.17, 15) is 0 Å². The van der Waals surface area contributed by atoms with Crippen LogP contribution in [0.3, 0.4) is 0 Å². The summed E-state index contributed by atoms with van der Waals surface area (Å²) in [5, 5.41) is 3.57. The minimum Gasteiger partial charge on any atom is -0.487 e. The fourth-order valence-electron chi connectivity index (χ4n) is 2.51. The van der Waals surface area contributed by atoms with Gasteiger partial charge in [-0.05, 0) is 38.4 Å². The molecule has 1 aromatic carbocycles. The average molecular weight is 233 g/mol. The molecule has 0 spiro atoms. The number of hydrogen-bond donors (Lipinski definition) is 1. The Morgan fingerprint density at radius 2 is 2.18 bits per heavy atom. The highest BCUT2D eigenvalue weighted by Gasteiger charge is 2.35. The van der Waals surface area contributed by atoms with Gasteiger partial charge in [0.2, 0.25) is 0 Å². The molecular weight excluding hydrogens is 210 g/mol. The Hall–Kier alpha value is -1.02. The van der Waals surface area contributed by atoms with Crippen LogP contribution in [0.4, 0.5) is 0 Å². The van der Waals surface area contributed by atoms with Crippen LogP contribution in [0.5, 0.6) is 5.75 Å². The van der Waals surface area contributed by atoms with E-state index in [1.165, 1.54) is 11.1 Å². The van der Waals surface area contributed by atoms with Crippen molar-refractivity contribution in [3.05, 3.63) is 29.3 Å². The Kier molecular flexibility index (Phi) is 3.43. The summed E-state index contributed by atoms with van der Waals surface area (Å²) in [6, 6.07) is 6.95. The van der Waals surface area contributed by atoms with E-state index >= 15 is 0 Å². The first-order chi connectivity index (χ1) is 8.08. The molecule has 0 aliphatic carbocycles. The summed E-state index contributed by atoms with van der Waals surface area (Å²) in [7, 11) is 0. The van der Waals surface area contributed by atoms with Crippen molar-refractivity contribution in [2.75, 3.05) is 6.54 Å². The van der Waals surface area contributed by atoms with Crippen molar-refractivity contribution in [2.45, 2.75) is 52.2 Å². The molecule has 0 bridgehead atoms. The number of aryl methyl sites for hydroxylation is 1. The van der Waals surface area contributed by atoms with Crippen molar-refractivity contribution in [1.82, 2.24) is 5.32 Å². The third kappa shape index (κ3) is 2.47. The molecule has 0 saturated heterocycles. The lowest BCUT2D eigenvalue weighted by atomic mass is 9.86. The monoisotopic (exact) mass is 233 g/mol. The minimum absolute atomic E-state index is 0.0341. The van der Waals surface area contributed by atoms with Gasteiger partial charge < -0.3 is 10.1 Å². The molecule has 2 atom stereocenters. The quantitative estimate of drug-likeness (QED) is 0.861. The number of ether oxygens (including phenoxy) is 1. The van der Waals surface area contributed by atoms with Crippen LogP contribution < -0.4 is 10.1 Å². The molecule has 2 rings (SSSR count). The van der Waals surface area contributed by atoms with Gasteiger partial charge in [0.05, 0.1) is 0 Å². The van der Waals surface area contributed by atoms with Crippen molar-refractivity contribution < 1.29 is 4.74 Å². The summed E-state index contributed by atoms with van der Waals surface area (Å²) in [5.41, 5.74) is 2.54. The second-order valence-corrected chi connectivity index (χ2v) is 5.26. The molecule has 2 unspecified atom stereocenters. The Morgan fingerprint density at radius 1 is 1.41 bits per heavy atom. The highest BCUT2D eigenvalue weighted by Crippen LogP contribution is 2.41. The van der Waals surface area contributed by atoms with Crippen LogP contribution in [0.1, 0.15) is 50.8 Å². The van der Waals surface area contributed by atoms with Gasteiger partial charge in [0.25, 0.3) is 0 Å². The SMILES string of the molecule is CCNC1CC(C)(CC)Oc2cc(C)ccc21. The molecule has 1 heterocycles. The molecule has 1 aromatic rings. The molecule has 0 fully saturated rings. The van der Waals surface area contributed by atoms with Crippen molar-refractivity contribution >= 4 is 0 Å². The fourth-order valence-corrected chi connectivity index (χ4v) is 2.51. The predicted octanol–water partition coefficient (Wildman–Crippen LogP) is 3.60. The summed E-state index contributed by atoms with van der Waals surface area (Å²) in [5.74, 6) is 1.06. The molecule has 0 amide bonds. The van der Waals surface area contributed by atoms with Gasteiger partial charge in [0.15, 0.2) is 0 Å². The Bertz CT molecular complexity index is 402. The molecule has 17 heavy (non-hydrogen) atoms. The summed E-state index contributed by atoms with van der Waals surface area (Å²) >= 11 is 0. The predicted molar refractivity (Wildman–Crippen MR) is 71.5 cm³/mol. The maximum absolute atomic E-state index is 6.19. The van der Waals surface area contributed by atoms with Crippen LogP contribution in [0.25, 0.3) is 0 Å². The van der Waals surface area contributed by atoms with Crippen molar-refractivity contribution in [3.63, 3.8) is 0 Å². The number of hydrogen-bond acceptors (Lipinski definition) is 2. The highest BCUT2D eigenvalue weighted by atomic mass is 16.5. The van der Waals surface area contributed by atoms with Gasteiger partial charge in [0, 0.05) is 18.0 Å². The Labute approximate surface area is 104 Å². The van der Waals surface area contributed by atoms with Gasteiger partial charge in [-0.3, -0.25) is 0 Å². The number of rotatable bonds is 3. The van der Waals surface area contributed by atoms with E-state index in [1.807, 2.05) is 0 Å². The molecular formula is C15H23NO. The molecule has 2 nitrogen and oxygen atoms in total. The molecule has 1 N–H and O–H groups in total. The average Bonchev–Trinajstić information content (AvgIpc) is 2.28. The Morgan fingerprint density at radius 3 is 2.82 bits per heavy atom. The topological polar surface area (TPSA) is 21.3 Å². The molecule has 0 aromatic heterocycles. The zero-order chi connectivity index (χ0) is 12.5. The van der Waals surface area contributed by atoms with E-state index in [4.69, 9.17) is 4.74 Å². The molecule has 94 valence electrons. The molecule has 1 aliphatic heterocycles. The van der Waals surface area contributed by atoms with Crippen LogP contribution in [-0.2, 0) is 0 Å². The second-order valence-electron chi connectivity index (χ2n) is 5.26. The molecule has 0 radical (unpaired) electrons. The van der Waals surface area contributed by atoms with Gasteiger partial charge in [-0.2, -0.15) is 0 Å². The molecule has 0 saturated carbocycles. The normalized spacial score (nSPS) is 27.4. The van der Waals surface area contributed by atoms with E-state index < -0.39 is 0 Å². The van der Waals surface area contributed by atoms with Crippen LogP contribution in [0, 0.1) is 6.92 Å². The van der Waals surface area contributed by atoms with Gasteiger partial charge in [-0.25, -0.2) is 0 Å². The van der Waals surface area contributed by atoms with Crippen LogP contribution in [0.15, 0.2) is 18.2 Å². The third-order valence-corrected chi connectivity index (χ3v) is 3.74. The van der Waals surface area contributed by atoms with Gasteiger partial charge in [-0.1, -0.05) is 26.0 Å². The van der Waals surface area contributed by atoms with Crippen molar-refractivity contribution in [1.29, 1.82) is 0 Å². The maximum Gasteiger partial charge on any atom is 0.125 e. The first-order valence-corrected chi connectivity index (χ1v) is 6.61. The first-order valence-electron chi connectivity index (χ1n) is 6.61.